The molecule has 86 valence electrons. The Morgan fingerprint density at radius 1 is 1.35 bits per heavy atom. The second-order valence-electron chi connectivity index (χ2n) is 3.45. The zero-order valence-corrected chi connectivity index (χ0v) is 8.82. The lowest BCUT2D eigenvalue weighted by Gasteiger charge is -2.03. The lowest BCUT2D eigenvalue weighted by atomic mass is 10.2. The molecule has 1 aromatic carbocycles. The van der Waals surface area contributed by atoms with Crippen molar-refractivity contribution in [1.82, 2.24) is 4.57 Å². The molecule has 0 aliphatic carbocycles. The highest BCUT2D eigenvalue weighted by molar-refractivity contribution is 5.88. The van der Waals surface area contributed by atoms with Crippen LogP contribution < -0.4 is 0 Å². The molecule has 2 N–H and O–H groups in total. The Morgan fingerprint density at radius 2 is 2.18 bits per heavy atom. The van der Waals surface area contributed by atoms with Gasteiger partial charge in [-0.1, -0.05) is 11.2 Å². The number of benzene rings is 1. The summed E-state index contributed by atoms with van der Waals surface area (Å²) >= 11 is 0. The van der Waals surface area contributed by atoms with Gasteiger partial charge in [-0.05, 0) is 24.3 Å². The summed E-state index contributed by atoms with van der Waals surface area (Å²) in [6, 6.07) is 8.34. The molecule has 0 aliphatic heterocycles. The van der Waals surface area contributed by atoms with Gasteiger partial charge >= 0.3 is 5.97 Å². The lowest BCUT2D eigenvalue weighted by Crippen LogP contribution is -1.98. The summed E-state index contributed by atoms with van der Waals surface area (Å²) < 4.78 is 1.75. The van der Waals surface area contributed by atoms with E-state index < -0.39 is 5.97 Å². The van der Waals surface area contributed by atoms with E-state index in [1.54, 1.807) is 41.2 Å². The third-order valence-electron chi connectivity index (χ3n) is 2.31. The zero-order valence-electron chi connectivity index (χ0n) is 8.82. The third-order valence-corrected chi connectivity index (χ3v) is 2.31. The summed E-state index contributed by atoms with van der Waals surface area (Å²) in [6.07, 6.45) is 4.80. The van der Waals surface area contributed by atoms with Crippen LogP contribution in [0.15, 0.2) is 47.9 Å². The molecule has 1 heterocycles. The third kappa shape index (κ3) is 2.34. The maximum atomic E-state index is 10.8. The largest absolute Gasteiger partial charge is 0.478 e. The predicted molar refractivity (Wildman–Crippen MR) is 62.1 cm³/mol. The second-order valence-corrected chi connectivity index (χ2v) is 3.45. The van der Waals surface area contributed by atoms with Crippen molar-refractivity contribution >= 4 is 12.2 Å². The summed E-state index contributed by atoms with van der Waals surface area (Å²) in [5.74, 6) is -0.962. The van der Waals surface area contributed by atoms with Crippen molar-refractivity contribution in [3.63, 3.8) is 0 Å². The monoisotopic (exact) mass is 230 g/mol. The van der Waals surface area contributed by atoms with Crippen molar-refractivity contribution in [3.8, 4) is 5.69 Å². The van der Waals surface area contributed by atoms with E-state index in [-0.39, 0.29) is 5.56 Å². The smallest absolute Gasteiger partial charge is 0.335 e. The Bertz CT molecular complexity index is 573. The van der Waals surface area contributed by atoms with Crippen molar-refractivity contribution in [2.24, 2.45) is 5.16 Å². The molecule has 17 heavy (non-hydrogen) atoms. The first kappa shape index (κ1) is 10.9. The van der Waals surface area contributed by atoms with Crippen LogP contribution in [0.1, 0.15) is 15.9 Å². The number of carboxylic acid groups (broad SMARTS) is 1. The summed E-state index contributed by atoms with van der Waals surface area (Å²) in [6.45, 7) is 0. The van der Waals surface area contributed by atoms with Crippen LogP contribution in [0.2, 0.25) is 0 Å². The van der Waals surface area contributed by atoms with E-state index in [1.165, 1.54) is 12.3 Å². The standard InChI is InChI=1S/C12H10N2O3/c15-12(16)10-2-1-3-11(6-10)14-5-4-9(8-14)7-13-17/h1-8,17H,(H,15,16). The van der Waals surface area contributed by atoms with Crippen LogP contribution >= 0.6 is 0 Å². The Balaban J connectivity index is 2.38. The molecule has 0 unspecified atom stereocenters. The molecular weight excluding hydrogens is 220 g/mol. The number of oxime groups is 1. The van der Waals surface area contributed by atoms with Crippen molar-refractivity contribution in [2.45, 2.75) is 0 Å². The highest BCUT2D eigenvalue weighted by Gasteiger charge is 2.04. The molecule has 0 atom stereocenters. The number of carbonyl (C=O) groups is 1. The number of aromatic nitrogens is 1. The molecule has 0 saturated heterocycles. The first-order valence-electron chi connectivity index (χ1n) is 4.90. The van der Waals surface area contributed by atoms with Crippen LogP contribution in [-0.2, 0) is 0 Å². The van der Waals surface area contributed by atoms with Gasteiger partial charge in [0.2, 0.25) is 0 Å². The maximum absolute atomic E-state index is 10.8. The molecule has 0 spiro atoms. The van der Waals surface area contributed by atoms with Crippen molar-refractivity contribution in [1.29, 1.82) is 0 Å². The van der Waals surface area contributed by atoms with Crippen molar-refractivity contribution in [2.75, 3.05) is 0 Å². The minimum atomic E-state index is -0.962. The molecule has 2 rings (SSSR count). The number of hydrogen-bond donors (Lipinski definition) is 2. The van der Waals surface area contributed by atoms with Crippen LogP contribution in [0.3, 0.4) is 0 Å². The second kappa shape index (κ2) is 4.52. The van der Waals surface area contributed by atoms with E-state index in [9.17, 15) is 4.79 Å². The van der Waals surface area contributed by atoms with Crippen molar-refractivity contribution < 1.29 is 15.1 Å². The van der Waals surface area contributed by atoms with Crippen LogP contribution in [0, 0.1) is 0 Å². The van der Waals surface area contributed by atoms with Gasteiger partial charge in [0.05, 0.1) is 11.8 Å². The molecule has 5 nitrogen and oxygen atoms in total. The number of rotatable bonds is 3. The molecule has 0 amide bonds. The number of carboxylic acids is 1. The minimum absolute atomic E-state index is 0.230. The average molecular weight is 230 g/mol. The van der Waals surface area contributed by atoms with E-state index in [1.807, 2.05) is 0 Å². The lowest BCUT2D eigenvalue weighted by molar-refractivity contribution is 0.0697. The predicted octanol–water partition coefficient (Wildman–Crippen LogP) is 1.98. The van der Waals surface area contributed by atoms with Gasteiger partial charge in [0.1, 0.15) is 0 Å². The Labute approximate surface area is 97.2 Å². The summed E-state index contributed by atoms with van der Waals surface area (Å²) in [5.41, 5.74) is 1.70. The first-order valence-corrected chi connectivity index (χ1v) is 4.90. The summed E-state index contributed by atoms with van der Waals surface area (Å²) in [5, 5.41) is 20.2. The van der Waals surface area contributed by atoms with Crippen LogP contribution in [0.4, 0.5) is 0 Å². The Morgan fingerprint density at radius 3 is 2.88 bits per heavy atom. The van der Waals surface area contributed by atoms with E-state index in [0.717, 1.165) is 11.3 Å². The normalized spacial score (nSPS) is 10.8. The quantitative estimate of drug-likeness (QED) is 0.481. The SMILES string of the molecule is O=C(O)c1cccc(-n2ccc(C=NO)c2)c1. The fourth-order valence-electron chi connectivity index (χ4n) is 1.52. The summed E-state index contributed by atoms with van der Waals surface area (Å²) in [7, 11) is 0. The van der Waals surface area contributed by atoms with Crippen LogP contribution in [0.5, 0.6) is 0 Å². The van der Waals surface area contributed by atoms with E-state index >= 15 is 0 Å². The van der Waals surface area contributed by atoms with Crippen LogP contribution in [0.25, 0.3) is 5.69 Å². The average Bonchev–Trinajstić information content (AvgIpc) is 2.78. The van der Waals surface area contributed by atoms with Gasteiger partial charge in [0, 0.05) is 23.6 Å². The topological polar surface area (TPSA) is 74.8 Å². The molecule has 2 aromatic rings. The summed E-state index contributed by atoms with van der Waals surface area (Å²) in [4.78, 5) is 10.8. The van der Waals surface area contributed by atoms with Gasteiger partial charge in [-0.25, -0.2) is 4.79 Å². The Hall–Kier alpha value is -2.56. The molecule has 0 fully saturated rings. The van der Waals surface area contributed by atoms with E-state index in [2.05, 4.69) is 5.16 Å². The van der Waals surface area contributed by atoms with E-state index in [0.29, 0.717) is 0 Å². The van der Waals surface area contributed by atoms with Gasteiger partial charge in [-0.15, -0.1) is 0 Å². The molecular formula is C12H10N2O3. The number of nitrogens with zero attached hydrogens (tertiary/aromatic N) is 2. The van der Waals surface area contributed by atoms with Crippen molar-refractivity contribution in [3.05, 3.63) is 53.9 Å². The fraction of sp³-hybridized carbons (Fsp3) is 0. The molecule has 5 heteroatoms. The zero-order chi connectivity index (χ0) is 12.3. The van der Waals surface area contributed by atoms with Crippen LogP contribution in [-0.4, -0.2) is 27.1 Å². The maximum Gasteiger partial charge on any atom is 0.335 e. The van der Waals surface area contributed by atoms with E-state index in [4.69, 9.17) is 10.3 Å². The highest BCUT2D eigenvalue weighted by Crippen LogP contribution is 2.12. The molecule has 0 aliphatic rings. The molecule has 0 radical (unpaired) electrons. The fourth-order valence-corrected chi connectivity index (χ4v) is 1.52. The van der Waals surface area contributed by atoms with Gasteiger partial charge in [-0.3, -0.25) is 0 Å². The van der Waals surface area contributed by atoms with Gasteiger partial charge in [0.15, 0.2) is 0 Å². The van der Waals surface area contributed by atoms with Gasteiger partial charge in [-0.2, -0.15) is 0 Å². The molecule has 1 aromatic heterocycles. The number of hydrogen-bond acceptors (Lipinski definition) is 3. The molecule has 0 saturated carbocycles. The Kier molecular flexibility index (Phi) is 2.91. The molecule has 0 bridgehead atoms. The number of aromatic carboxylic acids is 1. The van der Waals surface area contributed by atoms with Gasteiger partial charge < -0.3 is 14.9 Å². The minimum Gasteiger partial charge on any atom is -0.478 e. The first-order chi connectivity index (χ1) is 8.20. The van der Waals surface area contributed by atoms with Gasteiger partial charge in [0.25, 0.3) is 0 Å². The highest BCUT2D eigenvalue weighted by atomic mass is 16.4.